The lowest BCUT2D eigenvalue weighted by Crippen LogP contribution is -2.45. The van der Waals surface area contributed by atoms with E-state index in [1.807, 2.05) is 0 Å². The van der Waals surface area contributed by atoms with Crippen LogP contribution in [0.4, 0.5) is 23.2 Å². The van der Waals surface area contributed by atoms with Crippen LogP contribution < -0.4 is 11.1 Å². The van der Waals surface area contributed by atoms with Crippen LogP contribution in [0.2, 0.25) is 0 Å². The minimum Gasteiger partial charge on any atom is -0.324 e. The van der Waals surface area contributed by atoms with Crippen LogP contribution in [0.25, 0.3) is 0 Å². The molecule has 0 unspecified atom stereocenters. The van der Waals surface area contributed by atoms with Gasteiger partial charge in [-0.25, -0.2) is 4.39 Å². The first kappa shape index (κ1) is 14.4. The van der Waals surface area contributed by atoms with Crippen molar-refractivity contribution in [1.82, 2.24) is 0 Å². The number of nitrogens with two attached hydrogens (primary N) is 1. The van der Waals surface area contributed by atoms with Gasteiger partial charge in [0.05, 0.1) is 11.1 Å². The van der Waals surface area contributed by atoms with Crippen LogP contribution >= 0.6 is 0 Å². The van der Waals surface area contributed by atoms with Crippen molar-refractivity contribution in [3.05, 3.63) is 29.6 Å². The Morgan fingerprint density at radius 3 is 2.28 bits per heavy atom. The van der Waals surface area contributed by atoms with E-state index in [9.17, 15) is 22.4 Å². The highest BCUT2D eigenvalue weighted by atomic mass is 19.4. The SMILES string of the molecule is CC(C)(N)C(=O)Nc1ccc(F)c(C(F)(F)F)c1. The summed E-state index contributed by atoms with van der Waals surface area (Å²) in [5.41, 5.74) is 2.63. The van der Waals surface area contributed by atoms with Crippen LogP contribution in [0.3, 0.4) is 0 Å². The predicted octanol–water partition coefficient (Wildman–Crippen LogP) is 2.52. The number of alkyl halides is 3. The predicted molar refractivity (Wildman–Crippen MR) is 58.3 cm³/mol. The molecule has 1 amide bonds. The first-order chi connectivity index (χ1) is 8.01. The molecule has 0 heterocycles. The molecular weight excluding hydrogens is 252 g/mol. The second-order valence-electron chi connectivity index (χ2n) is 4.37. The van der Waals surface area contributed by atoms with Gasteiger partial charge in [-0.2, -0.15) is 13.2 Å². The molecule has 0 aromatic heterocycles. The fourth-order valence-electron chi connectivity index (χ4n) is 1.11. The molecule has 3 N–H and O–H groups in total. The van der Waals surface area contributed by atoms with Crippen molar-refractivity contribution in [2.75, 3.05) is 5.32 Å². The molecule has 0 fully saturated rings. The Kier molecular flexibility index (Phi) is 3.66. The Hall–Kier alpha value is -1.63. The van der Waals surface area contributed by atoms with Crippen molar-refractivity contribution >= 4 is 11.6 Å². The second-order valence-corrected chi connectivity index (χ2v) is 4.37. The van der Waals surface area contributed by atoms with Crippen molar-refractivity contribution in [1.29, 1.82) is 0 Å². The Balaban J connectivity index is 3.04. The second kappa shape index (κ2) is 4.56. The maximum Gasteiger partial charge on any atom is 0.419 e. The number of carbonyl (C=O) groups is 1. The van der Waals surface area contributed by atoms with Crippen molar-refractivity contribution in [2.45, 2.75) is 25.6 Å². The summed E-state index contributed by atoms with van der Waals surface area (Å²) >= 11 is 0. The lowest BCUT2D eigenvalue weighted by molar-refractivity contribution is -0.140. The zero-order valence-corrected chi connectivity index (χ0v) is 9.73. The van der Waals surface area contributed by atoms with Crippen LogP contribution in [0.5, 0.6) is 0 Å². The summed E-state index contributed by atoms with van der Waals surface area (Å²) in [6, 6.07) is 2.20. The topological polar surface area (TPSA) is 55.1 Å². The molecule has 18 heavy (non-hydrogen) atoms. The van der Waals surface area contributed by atoms with Gasteiger partial charge in [0.2, 0.25) is 5.91 Å². The molecule has 0 bridgehead atoms. The molecule has 0 aliphatic rings. The third-order valence-corrected chi connectivity index (χ3v) is 2.11. The van der Waals surface area contributed by atoms with Crippen LogP contribution in [0, 0.1) is 5.82 Å². The summed E-state index contributed by atoms with van der Waals surface area (Å²) in [7, 11) is 0. The zero-order valence-electron chi connectivity index (χ0n) is 9.73. The molecule has 100 valence electrons. The quantitative estimate of drug-likeness (QED) is 0.806. The average Bonchev–Trinajstić information content (AvgIpc) is 2.17. The van der Waals surface area contributed by atoms with Gasteiger partial charge in [-0.3, -0.25) is 4.79 Å². The van der Waals surface area contributed by atoms with Gasteiger partial charge < -0.3 is 11.1 Å². The molecule has 1 rings (SSSR count). The first-order valence-corrected chi connectivity index (χ1v) is 4.99. The largest absolute Gasteiger partial charge is 0.419 e. The Labute approximate surface area is 101 Å². The van der Waals surface area contributed by atoms with E-state index in [-0.39, 0.29) is 5.69 Å². The molecule has 0 atom stereocenters. The minimum atomic E-state index is -4.82. The monoisotopic (exact) mass is 264 g/mol. The van der Waals surface area contributed by atoms with E-state index >= 15 is 0 Å². The van der Waals surface area contributed by atoms with Crippen LogP contribution in [-0.2, 0) is 11.0 Å². The number of hydrogen-bond donors (Lipinski definition) is 2. The van der Waals surface area contributed by atoms with Crippen LogP contribution in [0.15, 0.2) is 18.2 Å². The molecule has 0 aliphatic heterocycles. The summed E-state index contributed by atoms with van der Waals surface area (Å²) in [5.74, 6) is -2.06. The normalized spacial score (nSPS) is 12.4. The molecule has 0 saturated heterocycles. The summed E-state index contributed by atoms with van der Waals surface area (Å²) in [4.78, 5) is 11.5. The molecule has 7 heteroatoms. The summed E-state index contributed by atoms with van der Waals surface area (Å²) in [5, 5.41) is 2.19. The van der Waals surface area contributed by atoms with E-state index in [4.69, 9.17) is 5.73 Å². The van der Waals surface area contributed by atoms with E-state index in [0.29, 0.717) is 12.1 Å². The van der Waals surface area contributed by atoms with Crippen molar-refractivity contribution in [3.8, 4) is 0 Å². The van der Waals surface area contributed by atoms with Gasteiger partial charge in [-0.05, 0) is 32.0 Å². The third-order valence-electron chi connectivity index (χ3n) is 2.11. The number of nitrogens with one attached hydrogen (secondary N) is 1. The van der Waals surface area contributed by atoms with E-state index in [1.54, 1.807) is 0 Å². The molecule has 1 aromatic carbocycles. The van der Waals surface area contributed by atoms with Crippen LogP contribution in [-0.4, -0.2) is 11.4 Å². The lowest BCUT2D eigenvalue weighted by Gasteiger charge is -2.18. The number of carbonyl (C=O) groups excluding carboxylic acids is 1. The molecule has 0 spiro atoms. The maximum atomic E-state index is 13.0. The number of halogens is 4. The van der Waals surface area contributed by atoms with Gasteiger partial charge in [-0.1, -0.05) is 0 Å². The summed E-state index contributed by atoms with van der Waals surface area (Å²) in [6.07, 6.45) is -4.82. The number of amides is 1. The van der Waals surface area contributed by atoms with Crippen molar-refractivity contribution < 1.29 is 22.4 Å². The van der Waals surface area contributed by atoms with Gasteiger partial charge in [0.1, 0.15) is 5.82 Å². The fraction of sp³-hybridized carbons (Fsp3) is 0.364. The van der Waals surface area contributed by atoms with Crippen molar-refractivity contribution in [3.63, 3.8) is 0 Å². The minimum absolute atomic E-state index is 0.160. The highest BCUT2D eigenvalue weighted by Gasteiger charge is 2.34. The number of rotatable bonds is 2. The molecule has 3 nitrogen and oxygen atoms in total. The van der Waals surface area contributed by atoms with Gasteiger partial charge in [0, 0.05) is 5.69 Å². The smallest absolute Gasteiger partial charge is 0.324 e. The zero-order chi connectivity index (χ0) is 14.1. The molecule has 0 saturated carbocycles. The maximum absolute atomic E-state index is 13.0. The highest BCUT2D eigenvalue weighted by Crippen LogP contribution is 2.33. The number of hydrogen-bond acceptors (Lipinski definition) is 2. The molecule has 0 aliphatic carbocycles. The number of benzene rings is 1. The molecule has 1 aromatic rings. The first-order valence-electron chi connectivity index (χ1n) is 4.99. The van der Waals surface area contributed by atoms with Gasteiger partial charge in [0.25, 0.3) is 0 Å². The third kappa shape index (κ3) is 3.43. The molecular formula is C11H12F4N2O. The van der Waals surface area contributed by atoms with E-state index in [0.717, 1.165) is 6.07 Å². The van der Waals surface area contributed by atoms with E-state index in [2.05, 4.69) is 5.32 Å². The van der Waals surface area contributed by atoms with Crippen LogP contribution in [0.1, 0.15) is 19.4 Å². The van der Waals surface area contributed by atoms with Gasteiger partial charge in [-0.15, -0.1) is 0 Å². The Morgan fingerprint density at radius 2 is 1.83 bits per heavy atom. The van der Waals surface area contributed by atoms with E-state index < -0.39 is 29.0 Å². The van der Waals surface area contributed by atoms with Crippen molar-refractivity contribution in [2.24, 2.45) is 5.73 Å². The van der Waals surface area contributed by atoms with E-state index in [1.165, 1.54) is 13.8 Å². The standard InChI is InChI=1S/C11H12F4N2O/c1-10(2,16)9(18)17-6-3-4-8(12)7(5-6)11(13,14)15/h3-5H,16H2,1-2H3,(H,17,18). The average molecular weight is 264 g/mol. The molecule has 0 radical (unpaired) electrons. The fourth-order valence-corrected chi connectivity index (χ4v) is 1.11. The number of anilines is 1. The summed E-state index contributed by atoms with van der Waals surface area (Å²) in [6.45, 7) is 2.80. The van der Waals surface area contributed by atoms with Gasteiger partial charge >= 0.3 is 6.18 Å². The summed E-state index contributed by atoms with van der Waals surface area (Å²) < 4.78 is 50.2. The Bertz CT molecular complexity index is 463. The van der Waals surface area contributed by atoms with Gasteiger partial charge in [0.15, 0.2) is 0 Å². The highest BCUT2D eigenvalue weighted by molar-refractivity contribution is 5.97. The Morgan fingerprint density at radius 1 is 1.28 bits per heavy atom. The lowest BCUT2D eigenvalue weighted by atomic mass is 10.1.